The van der Waals surface area contributed by atoms with Gasteiger partial charge in [0, 0.05) is 34.1 Å². The van der Waals surface area contributed by atoms with Gasteiger partial charge in [-0.05, 0) is 54.2 Å². The molecular formula is C19H29NO3. The number of piperidine rings is 1. The smallest absolute Gasteiger partial charge is 0.161 e. The molecule has 0 spiro atoms. The van der Waals surface area contributed by atoms with Gasteiger partial charge in [0.1, 0.15) is 0 Å². The van der Waals surface area contributed by atoms with E-state index in [2.05, 4.69) is 0 Å². The summed E-state index contributed by atoms with van der Waals surface area (Å²) in [5, 5.41) is 11.2. The maximum absolute atomic E-state index is 11.2. The molecule has 1 saturated heterocycles. The van der Waals surface area contributed by atoms with Crippen LogP contribution in [-0.2, 0) is 6.42 Å². The Labute approximate surface area is 167 Å². The molecule has 0 amide bonds. The maximum Gasteiger partial charge on any atom is 0.161 e. The van der Waals surface area contributed by atoms with Gasteiger partial charge in [-0.25, -0.2) is 0 Å². The monoisotopic (exact) mass is 339 g/mol. The molecule has 1 aromatic rings. The minimum absolute atomic E-state index is 0.252. The first-order chi connectivity index (χ1) is 18.9. The Hall–Kier alpha value is -1.26. The molecule has 4 nitrogen and oxygen atoms in total. The van der Waals surface area contributed by atoms with Crippen molar-refractivity contribution in [1.82, 2.24) is 4.90 Å². The van der Waals surface area contributed by atoms with Gasteiger partial charge in [-0.15, -0.1) is 0 Å². The van der Waals surface area contributed by atoms with Crippen LogP contribution in [0.4, 0.5) is 0 Å². The van der Waals surface area contributed by atoms with Crippen molar-refractivity contribution in [3.05, 3.63) is 23.2 Å². The minimum atomic E-state index is -3.96. The fourth-order valence-corrected chi connectivity index (χ4v) is 2.78. The van der Waals surface area contributed by atoms with Crippen LogP contribution >= 0.6 is 0 Å². The fourth-order valence-electron chi connectivity index (χ4n) is 2.78. The van der Waals surface area contributed by atoms with Crippen molar-refractivity contribution in [3.8, 4) is 11.5 Å². The minimum Gasteiger partial charge on any atom is -0.493 e. The Morgan fingerprint density at radius 2 is 2.30 bits per heavy atom. The van der Waals surface area contributed by atoms with Crippen LogP contribution < -0.4 is 9.47 Å². The predicted octanol–water partition coefficient (Wildman–Crippen LogP) is 3.03. The summed E-state index contributed by atoms with van der Waals surface area (Å²) in [5.74, 6) is -8.56. The molecule has 2 aliphatic rings. The second-order valence-corrected chi connectivity index (χ2v) is 5.21. The summed E-state index contributed by atoms with van der Waals surface area (Å²) in [4.78, 5) is 0.609. The van der Waals surface area contributed by atoms with Crippen LogP contribution in [0.5, 0.6) is 11.5 Å². The Balaban J connectivity index is 2.31. The van der Waals surface area contributed by atoms with Gasteiger partial charge in [0.2, 0.25) is 0 Å². The lowest BCUT2D eigenvalue weighted by Crippen LogP contribution is -2.48. The van der Waals surface area contributed by atoms with E-state index in [1.54, 1.807) is 0 Å². The Morgan fingerprint density at radius 3 is 3.04 bits per heavy atom. The Kier molecular flexibility index (Phi) is 1.42. The first-order valence-corrected chi connectivity index (χ1v) is 6.86. The van der Waals surface area contributed by atoms with E-state index in [4.69, 9.17) is 35.5 Å². The van der Waals surface area contributed by atoms with Gasteiger partial charge in [-0.1, -0.05) is 13.7 Å². The summed E-state index contributed by atoms with van der Waals surface area (Å²) in [6.45, 7) is -11.6. The number of hydrogen-bond acceptors (Lipinski definition) is 4. The summed E-state index contributed by atoms with van der Waals surface area (Å²) in [5.41, 5.74) is -0.843. The largest absolute Gasteiger partial charge is 0.493 e. The standard InChI is InChI=1S/C19H29NO3/c1-12(2)7-14-11-20-6-5-13-8-18(22-3)19(23-4)9-15(13)16(20)10-17(14)21/h8-9,12,14,16-17,21H,5-7,10-11H2,1-4H3/i1D3,2D3,3D3,4D3,7D2,8D,9D,11D2,12D,16D. The summed E-state index contributed by atoms with van der Waals surface area (Å²) < 4.78 is 170. The van der Waals surface area contributed by atoms with E-state index < -0.39 is 113 Å². The lowest BCUT2D eigenvalue weighted by Gasteiger charge is -2.46. The van der Waals surface area contributed by atoms with Crippen molar-refractivity contribution in [3.63, 3.8) is 0 Å². The molecule has 2 heterocycles. The molecule has 3 atom stereocenters. The van der Waals surface area contributed by atoms with Gasteiger partial charge in [0.25, 0.3) is 0 Å². The van der Waals surface area contributed by atoms with Crippen molar-refractivity contribution in [2.45, 2.75) is 45.0 Å². The van der Waals surface area contributed by atoms with E-state index in [0.717, 1.165) is 0 Å². The first-order valence-electron chi connectivity index (χ1n) is 16.9. The SMILES string of the molecule is [2H]c1c2c(c([2H])c(OC([2H])([2H])[2H])c1OC([2H])([2H])[2H])C1([2H])CC(O)C(C([2H])([2H])C([2H])(C([2H])([2H])[2H])C([2H])([2H])[2H])C([2H])([2H])N1CC2. The summed E-state index contributed by atoms with van der Waals surface area (Å²) in [7, 11) is -6.56. The highest BCUT2D eigenvalue weighted by molar-refractivity contribution is 5.49. The molecule has 128 valence electrons. The van der Waals surface area contributed by atoms with E-state index in [1.807, 2.05) is 0 Å². The van der Waals surface area contributed by atoms with E-state index in [1.165, 1.54) is 0 Å². The van der Waals surface area contributed by atoms with Crippen molar-refractivity contribution in [1.29, 1.82) is 0 Å². The molecule has 0 aromatic heterocycles. The van der Waals surface area contributed by atoms with E-state index in [0.29, 0.717) is 4.90 Å². The molecule has 3 unspecified atom stereocenters. The third-order valence-electron chi connectivity index (χ3n) is 3.80. The van der Waals surface area contributed by atoms with Gasteiger partial charge in [-0.3, -0.25) is 4.90 Å². The van der Waals surface area contributed by atoms with E-state index in [-0.39, 0.29) is 5.56 Å². The molecule has 23 heavy (non-hydrogen) atoms. The fraction of sp³-hybridized carbons (Fsp3) is 0.684. The molecule has 3 rings (SSSR count). The van der Waals surface area contributed by atoms with Crippen LogP contribution in [0.25, 0.3) is 0 Å². The average molecular weight is 340 g/mol. The number of aliphatic hydroxyl groups excluding tert-OH is 1. The molecule has 1 aromatic carbocycles. The highest BCUT2D eigenvalue weighted by Gasteiger charge is 2.38. The molecule has 1 N–H and O–H groups in total. The molecule has 1 fully saturated rings. The van der Waals surface area contributed by atoms with Crippen LogP contribution in [0.2, 0.25) is 0 Å². The number of fused-ring (bicyclic) bond motifs is 3. The van der Waals surface area contributed by atoms with Gasteiger partial charge >= 0.3 is 0 Å². The number of nitrogens with zero attached hydrogens (tertiary/aromatic N) is 1. The zero-order valence-corrected chi connectivity index (χ0v) is 12.0. The third-order valence-corrected chi connectivity index (χ3v) is 3.80. The summed E-state index contributed by atoms with van der Waals surface area (Å²) >= 11 is 0. The number of ether oxygens (including phenoxy) is 2. The number of hydrogen-bond donors (Lipinski definition) is 1. The van der Waals surface area contributed by atoms with Crippen LogP contribution in [0.1, 0.15) is 71.1 Å². The zero-order chi connectivity index (χ0) is 33.7. The summed E-state index contributed by atoms with van der Waals surface area (Å²) in [6.07, 6.45) is -7.62. The number of rotatable bonds is 4. The zero-order valence-electron chi connectivity index (χ0n) is 32.0. The number of methoxy groups -OCH3 is 2. The quantitative estimate of drug-likeness (QED) is 0.915. The second kappa shape index (κ2) is 6.70. The van der Waals surface area contributed by atoms with Gasteiger partial charge in [0.15, 0.2) is 11.5 Å². The lowest BCUT2D eigenvalue weighted by molar-refractivity contribution is -0.0191. The maximum atomic E-state index is 11.2. The molecule has 0 bridgehead atoms. The molecule has 0 radical (unpaired) electrons. The molecule has 2 aliphatic heterocycles. The third kappa shape index (κ3) is 3.20. The van der Waals surface area contributed by atoms with Crippen LogP contribution in [-0.4, -0.2) is 43.2 Å². The van der Waals surface area contributed by atoms with Gasteiger partial charge in [-0.2, -0.15) is 0 Å². The van der Waals surface area contributed by atoms with Crippen molar-refractivity contribution in [2.75, 3.05) is 27.1 Å². The molecule has 4 heteroatoms. The Morgan fingerprint density at radius 1 is 1.52 bits per heavy atom. The molecule has 0 saturated carbocycles. The van der Waals surface area contributed by atoms with Crippen molar-refractivity contribution < 1.29 is 42.0 Å². The van der Waals surface area contributed by atoms with E-state index in [9.17, 15) is 6.48 Å². The average Bonchev–Trinajstić information content (AvgIpc) is 2.74. The first kappa shape index (κ1) is 4.89. The topological polar surface area (TPSA) is 41.9 Å². The van der Waals surface area contributed by atoms with E-state index >= 15 is 0 Å². The molecular weight excluding hydrogens is 290 g/mol. The Bertz CT molecular complexity index is 1240. The van der Waals surface area contributed by atoms with Crippen LogP contribution in [0.15, 0.2) is 12.1 Å². The summed E-state index contributed by atoms with van der Waals surface area (Å²) in [6, 6.07) is -4.40. The van der Waals surface area contributed by atoms with Gasteiger partial charge in [0.05, 0.1) is 32.5 Å². The van der Waals surface area contributed by atoms with Gasteiger partial charge < -0.3 is 14.6 Å². The van der Waals surface area contributed by atoms with Crippen LogP contribution in [0.3, 0.4) is 0 Å². The van der Waals surface area contributed by atoms with Crippen molar-refractivity contribution in [2.24, 2.45) is 11.8 Å². The lowest BCUT2D eigenvalue weighted by atomic mass is 9.79. The predicted molar refractivity (Wildman–Crippen MR) is 91.1 cm³/mol. The van der Waals surface area contributed by atoms with Crippen molar-refractivity contribution >= 4 is 0 Å². The number of benzene rings is 1. The van der Waals surface area contributed by atoms with Crippen LogP contribution in [0, 0.1) is 11.8 Å². The highest BCUT2D eigenvalue weighted by Crippen LogP contribution is 2.43. The molecule has 0 aliphatic carbocycles. The second-order valence-electron chi connectivity index (χ2n) is 5.21. The number of aliphatic hydroxyl groups is 1. The normalized spacial score (nSPS) is 48.9. The highest BCUT2D eigenvalue weighted by atomic mass is 16.5.